The Hall–Kier alpha value is -3.71. The molecule has 0 bridgehead atoms. The summed E-state index contributed by atoms with van der Waals surface area (Å²) < 4.78 is 12.2. The Kier molecular flexibility index (Phi) is 7.23. The lowest BCUT2D eigenvalue weighted by molar-refractivity contribution is -0.118. The van der Waals surface area contributed by atoms with E-state index in [1.807, 2.05) is 55.5 Å². The zero-order valence-corrected chi connectivity index (χ0v) is 20.2. The zero-order chi connectivity index (χ0) is 24.1. The van der Waals surface area contributed by atoms with E-state index in [-0.39, 0.29) is 18.1 Å². The summed E-state index contributed by atoms with van der Waals surface area (Å²) >= 11 is 1.50. The minimum absolute atomic E-state index is 0.0402. The average molecular weight is 475 g/mol. The van der Waals surface area contributed by atoms with Gasteiger partial charge in [-0.3, -0.25) is 14.5 Å². The van der Waals surface area contributed by atoms with Gasteiger partial charge in [0.1, 0.15) is 0 Å². The molecule has 0 spiro atoms. The number of ketones is 1. The van der Waals surface area contributed by atoms with Gasteiger partial charge in [0.2, 0.25) is 5.91 Å². The number of fused-ring (bicyclic) bond motifs is 1. The van der Waals surface area contributed by atoms with Crippen molar-refractivity contribution in [1.82, 2.24) is 4.98 Å². The molecule has 0 aliphatic heterocycles. The fourth-order valence-electron chi connectivity index (χ4n) is 3.64. The third-order valence-electron chi connectivity index (χ3n) is 5.44. The number of carbonyl (C=O) groups is 2. The highest BCUT2D eigenvalue weighted by Crippen LogP contribution is 2.35. The SMILES string of the molecule is COc1cc(C(C)=O)ccc1OCCCC(=O)N(c1nc2ccccc2s1)c1ccccc1C. The lowest BCUT2D eigenvalue weighted by Crippen LogP contribution is -2.26. The number of amides is 1. The molecule has 34 heavy (non-hydrogen) atoms. The number of para-hydroxylation sites is 2. The Morgan fingerprint density at radius 2 is 1.76 bits per heavy atom. The van der Waals surface area contributed by atoms with Gasteiger partial charge in [-0.15, -0.1) is 0 Å². The van der Waals surface area contributed by atoms with Crippen LogP contribution >= 0.6 is 11.3 Å². The normalized spacial score (nSPS) is 10.8. The fourth-order valence-corrected chi connectivity index (χ4v) is 4.63. The van der Waals surface area contributed by atoms with Crippen LogP contribution in [0.4, 0.5) is 10.8 Å². The van der Waals surface area contributed by atoms with Crippen LogP contribution in [0.5, 0.6) is 11.5 Å². The minimum Gasteiger partial charge on any atom is -0.493 e. The van der Waals surface area contributed by atoms with Crippen molar-refractivity contribution < 1.29 is 19.1 Å². The molecule has 0 aliphatic carbocycles. The maximum Gasteiger partial charge on any atom is 0.233 e. The summed E-state index contributed by atoms with van der Waals surface area (Å²) in [5.74, 6) is 0.953. The predicted octanol–water partition coefficient (Wildman–Crippen LogP) is 6.34. The minimum atomic E-state index is -0.0455. The van der Waals surface area contributed by atoms with Crippen LogP contribution in [0.2, 0.25) is 0 Å². The Bertz CT molecular complexity index is 1300. The van der Waals surface area contributed by atoms with Gasteiger partial charge >= 0.3 is 0 Å². The molecule has 0 unspecified atom stereocenters. The molecule has 1 aromatic heterocycles. The van der Waals surface area contributed by atoms with E-state index in [0.29, 0.717) is 35.2 Å². The van der Waals surface area contributed by atoms with Crippen molar-refractivity contribution in [3.8, 4) is 11.5 Å². The highest BCUT2D eigenvalue weighted by molar-refractivity contribution is 7.22. The van der Waals surface area contributed by atoms with E-state index in [9.17, 15) is 9.59 Å². The van der Waals surface area contributed by atoms with Crippen LogP contribution in [0.3, 0.4) is 0 Å². The van der Waals surface area contributed by atoms with Gasteiger partial charge in [-0.25, -0.2) is 4.98 Å². The van der Waals surface area contributed by atoms with Crippen molar-refractivity contribution in [2.24, 2.45) is 0 Å². The zero-order valence-electron chi connectivity index (χ0n) is 19.4. The van der Waals surface area contributed by atoms with E-state index < -0.39 is 0 Å². The number of methoxy groups -OCH3 is 1. The molecule has 0 atom stereocenters. The summed E-state index contributed by atoms with van der Waals surface area (Å²) in [5, 5.41) is 0.655. The molecular formula is C27H26N2O4S. The molecule has 0 saturated carbocycles. The topological polar surface area (TPSA) is 68.7 Å². The van der Waals surface area contributed by atoms with Gasteiger partial charge in [-0.05, 0) is 62.2 Å². The van der Waals surface area contributed by atoms with Crippen LogP contribution in [0.25, 0.3) is 10.2 Å². The molecule has 0 aliphatic rings. The van der Waals surface area contributed by atoms with Gasteiger partial charge in [-0.2, -0.15) is 0 Å². The van der Waals surface area contributed by atoms with Crippen LogP contribution in [0, 0.1) is 6.92 Å². The monoisotopic (exact) mass is 474 g/mol. The number of aryl methyl sites for hydroxylation is 1. The number of anilines is 2. The van der Waals surface area contributed by atoms with Gasteiger partial charge in [0.15, 0.2) is 22.4 Å². The number of nitrogens with zero attached hydrogens (tertiary/aromatic N) is 2. The number of benzene rings is 3. The summed E-state index contributed by atoms with van der Waals surface area (Å²) in [5.41, 5.74) is 3.26. The molecule has 3 aromatic carbocycles. The highest BCUT2D eigenvalue weighted by Gasteiger charge is 2.23. The first-order valence-electron chi connectivity index (χ1n) is 11.0. The Morgan fingerprint density at radius 1 is 1.00 bits per heavy atom. The van der Waals surface area contributed by atoms with Gasteiger partial charge < -0.3 is 9.47 Å². The first-order valence-corrected chi connectivity index (χ1v) is 11.9. The molecule has 4 aromatic rings. The Labute approximate surface area is 202 Å². The van der Waals surface area contributed by atoms with E-state index in [4.69, 9.17) is 14.5 Å². The van der Waals surface area contributed by atoms with Crippen molar-refractivity contribution in [2.45, 2.75) is 26.7 Å². The van der Waals surface area contributed by atoms with Crippen LogP contribution in [-0.2, 0) is 4.79 Å². The molecule has 1 amide bonds. The molecular weight excluding hydrogens is 448 g/mol. The third kappa shape index (κ3) is 5.10. The van der Waals surface area contributed by atoms with E-state index in [2.05, 4.69) is 0 Å². The molecule has 174 valence electrons. The van der Waals surface area contributed by atoms with Crippen LogP contribution in [-0.4, -0.2) is 30.4 Å². The Balaban J connectivity index is 1.49. The second kappa shape index (κ2) is 10.5. The standard InChI is InChI=1S/C27H26N2O4S/c1-18-9-4-6-11-22(18)29(27-28-21-10-5-7-12-25(21)34-27)26(31)13-8-16-33-23-15-14-20(19(2)30)17-24(23)32-3/h4-7,9-12,14-15,17H,8,13,16H2,1-3H3. The second-order valence-corrected chi connectivity index (χ2v) is 8.86. The summed E-state index contributed by atoms with van der Waals surface area (Å²) in [6.45, 7) is 3.83. The molecule has 0 N–H and O–H groups in total. The molecule has 7 heteroatoms. The molecule has 0 radical (unpaired) electrons. The van der Waals surface area contributed by atoms with Crippen LogP contribution in [0.15, 0.2) is 66.7 Å². The van der Waals surface area contributed by atoms with Crippen LogP contribution in [0.1, 0.15) is 35.7 Å². The Morgan fingerprint density at radius 3 is 2.50 bits per heavy atom. The van der Waals surface area contributed by atoms with Gasteiger partial charge in [0.25, 0.3) is 0 Å². The maximum absolute atomic E-state index is 13.4. The number of carbonyl (C=O) groups excluding carboxylic acids is 2. The second-order valence-electron chi connectivity index (χ2n) is 7.85. The van der Waals surface area contributed by atoms with Crippen molar-refractivity contribution in [2.75, 3.05) is 18.6 Å². The summed E-state index contributed by atoms with van der Waals surface area (Å²) in [7, 11) is 1.54. The number of ether oxygens (including phenoxy) is 2. The van der Waals surface area contributed by atoms with Crippen molar-refractivity contribution in [3.63, 3.8) is 0 Å². The lowest BCUT2D eigenvalue weighted by atomic mass is 10.1. The average Bonchev–Trinajstić information content (AvgIpc) is 3.26. The summed E-state index contributed by atoms with van der Waals surface area (Å²) in [4.78, 5) is 31.4. The highest BCUT2D eigenvalue weighted by atomic mass is 32.1. The van der Waals surface area contributed by atoms with E-state index in [1.54, 1.807) is 23.1 Å². The van der Waals surface area contributed by atoms with Crippen molar-refractivity contribution in [1.29, 1.82) is 0 Å². The largest absolute Gasteiger partial charge is 0.493 e. The number of hydrogen-bond acceptors (Lipinski definition) is 6. The first kappa shape index (κ1) is 23.4. The first-order chi connectivity index (χ1) is 16.5. The van der Waals surface area contributed by atoms with Gasteiger partial charge in [-0.1, -0.05) is 41.7 Å². The molecule has 0 fully saturated rings. The van der Waals surface area contributed by atoms with Crippen molar-refractivity contribution >= 4 is 44.1 Å². The number of thiazole rings is 1. The lowest BCUT2D eigenvalue weighted by Gasteiger charge is -2.22. The summed E-state index contributed by atoms with van der Waals surface area (Å²) in [6, 6.07) is 20.8. The van der Waals surface area contributed by atoms with Crippen LogP contribution < -0.4 is 14.4 Å². The number of aromatic nitrogens is 1. The number of rotatable bonds is 9. The predicted molar refractivity (Wildman–Crippen MR) is 136 cm³/mol. The van der Waals surface area contributed by atoms with E-state index in [1.165, 1.54) is 25.4 Å². The quantitative estimate of drug-likeness (QED) is 0.209. The van der Waals surface area contributed by atoms with E-state index in [0.717, 1.165) is 21.5 Å². The molecule has 1 heterocycles. The molecule has 0 saturated heterocycles. The summed E-state index contributed by atoms with van der Waals surface area (Å²) in [6.07, 6.45) is 0.807. The number of Topliss-reactive ketones (excluding diaryl/α,β-unsaturated/α-hetero) is 1. The molecule has 4 rings (SSSR count). The maximum atomic E-state index is 13.4. The number of hydrogen-bond donors (Lipinski definition) is 0. The smallest absolute Gasteiger partial charge is 0.233 e. The van der Waals surface area contributed by atoms with Gasteiger partial charge in [0.05, 0.1) is 29.6 Å². The molecule has 6 nitrogen and oxygen atoms in total. The van der Waals surface area contributed by atoms with E-state index >= 15 is 0 Å². The van der Waals surface area contributed by atoms with Gasteiger partial charge in [0, 0.05) is 12.0 Å². The van der Waals surface area contributed by atoms with Crippen molar-refractivity contribution in [3.05, 3.63) is 77.9 Å². The fraction of sp³-hybridized carbons (Fsp3) is 0.222. The third-order valence-corrected chi connectivity index (χ3v) is 6.46.